The normalized spacial score (nSPS) is 17.3. The highest BCUT2D eigenvalue weighted by atomic mass is 32.2. The molecule has 0 bridgehead atoms. The Balaban J connectivity index is 1.54. The van der Waals surface area contributed by atoms with Crippen molar-refractivity contribution in [2.45, 2.75) is 22.6 Å². The molecule has 2 fully saturated rings. The molecule has 2 aromatic carbocycles. The van der Waals surface area contributed by atoms with Crippen molar-refractivity contribution in [1.29, 1.82) is 0 Å². The summed E-state index contributed by atoms with van der Waals surface area (Å²) in [6, 6.07) is 8.26. The Bertz CT molecular complexity index is 1120. The van der Waals surface area contributed by atoms with Crippen LogP contribution in [0.25, 0.3) is 0 Å². The molecule has 4 rings (SSSR count). The molecule has 2 aliphatic heterocycles. The van der Waals surface area contributed by atoms with Crippen molar-refractivity contribution in [2.75, 3.05) is 55.4 Å². The summed E-state index contributed by atoms with van der Waals surface area (Å²) >= 11 is 1.07. The maximum absolute atomic E-state index is 13.4. The molecular weight excluding hydrogens is 472 g/mol. The molecule has 0 radical (unpaired) electrons. The monoisotopic (exact) mass is 497 g/mol. The molecule has 0 unspecified atom stereocenters. The van der Waals surface area contributed by atoms with E-state index in [0.29, 0.717) is 23.8 Å². The van der Waals surface area contributed by atoms with E-state index in [2.05, 4.69) is 10.2 Å². The number of benzene rings is 2. The van der Waals surface area contributed by atoms with Gasteiger partial charge in [-0.15, -0.1) is 11.8 Å². The van der Waals surface area contributed by atoms with Gasteiger partial charge in [-0.2, -0.15) is 4.31 Å². The van der Waals surface area contributed by atoms with Crippen LogP contribution in [-0.4, -0.2) is 63.8 Å². The average molecular weight is 498 g/mol. The number of sulfonamides is 1. The first-order valence-electron chi connectivity index (χ1n) is 10.7. The van der Waals surface area contributed by atoms with Crippen LogP contribution in [0.5, 0.6) is 0 Å². The molecule has 7 nitrogen and oxygen atoms in total. The molecule has 0 aliphatic carbocycles. The molecule has 2 aliphatic rings. The quantitative estimate of drug-likeness (QED) is 0.592. The Kier molecular flexibility index (Phi) is 7.52. The number of nitrogens with zero attached hydrogens (tertiary/aromatic N) is 2. The third-order valence-corrected chi connectivity index (χ3v) is 8.45. The second kappa shape index (κ2) is 10.4. The van der Waals surface area contributed by atoms with Crippen LogP contribution in [0, 0.1) is 11.6 Å². The van der Waals surface area contributed by atoms with Gasteiger partial charge in [0.25, 0.3) is 0 Å². The van der Waals surface area contributed by atoms with Crippen LogP contribution < -0.4 is 10.2 Å². The summed E-state index contributed by atoms with van der Waals surface area (Å²) in [5.41, 5.74) is 1.18. The molecule has 0 atom stereocenters. The van der Waals surface area contributed by atoms with E-state index in [9.17, 15) is 22.0 Å². The number of carbonyl (C=O) groups is 1. The summed E-state index contributed by atoms with van der Waals surface area (Å²) in [6.07, 6.45) is 2.04. The van der Waals surface area contributed by atoms with Crippen LogP contribution in [0.4, 0.5) is 20.2 Å². The summed E-state index contributed by atoms with van der Waals surface area (Å²) < 4.78 is 59.4. The van der Waals surface area contributed by atoms with Gasteiger partial charge in [-0.1, -0.05) is 0 Å². The fraction of sp³-hybridized carbons (Fsp3) is 0.409. The average Bonchev–Trinajstić information content (AvgIpc) is 3.35. The Morgan fingerprint density at radius 1 is 1.00 bits per heavy atom. The summed E-state index contributed by atoms with van der Waals surface area (Å²) in [7, 11) is -3.72. The zero-order chi connectivity index (χ0) is 23.4. The Labute approximate surface area is 196 Å². The van der Waals surface area contributed by atoms with Crippen molar-refractivity contribution in [1.82, 2.24) is 4.31 Å². The predicted octanol–water partition coefficient (Wildman–Crippen LogP) is 3.32. The highest BCUT2D eigenvalue weighted by molar-refractivity contribution is 8.00. The predicted molar refractivity (Wildman–Crippen MR) is 123 cm³/mol. The third kappa shape index (κ3) is 5.65. The zero-order valence-electron chi connectivity index (χ0n) is 17.9. The van der Waals surface area contributed by atoms with Crippen LogP contribution in [0.1, 0.15) is 12.8 Å². The van der Waals surface area contributed by atoms with Crippen molar-refractivity contribution < 1.29 is 26.7 Å². The highest BCUT2D eigenvalue weighted by Gasteiger charge is 2.28. The topological polar surface area (TPSA) is 79.0 Å². The van der Waals surface area contributed by atoms with Crippen LogP contribution in [-0.2, 0) is 19.6 Å². The van der Waals surface area contributed by atoms with Gasteiger partial charge in [0.15, 0.2) is 11.6 Å². The molecule has 1 N–H and O–H groups in total. The van der Waals surface area contributed by atoms with Crippen molar-refractivity contribution in [3.63, 3.8) is 0 Å². The third-order valence-electron chi connectivity index (χ3n) is 5.56. The van der Waals surface area contributed by atoms with E-state index in [-0.39, 0.29) is 29.6 Å². The number of hydrogen-bond acceptors (Lipinski definition) is 6. The molecular formula is C22H25F2N3O4S2. The lowest BCUT2D eigenvalue weighted by molar-refractivity contribution is -0.113. The second-order valence-corrected chi connectivity index (χ2v) is 10.8. The largest absolute Gasteiger partial charge is 0.379 e. The number of nitrogens with one attached hydrogen (secondary N) is 1. The SMILES string of the molecule is O=C(CSc1ccc(F)c(F)c1)Nc1cc(S(=O)(=O)N2CCOCC2)ccc1N1CCCC1. The van der Waals surface area contributed by atoms with E-state index >= 15 is 0 Å². The van der Waals surface area contributed by atoms with Gasteiger partial charge >= 0.3 is 0 Å². The molecule has 0 aromatic heterocycles. The van der Waals surface area contributed by atoms with Gasteiger partial charge in [-0.25, -0.2) is 17.2 Å². The Morgan fingerprint density at radius 2 is 1.73 bits per heavy atom. The minimum atomic E-state index is -3.72. The smallest absolute Gasteiger partial charge is 0.243 e. The molecule has 1 amide bonds. The molecule has 11 heteroatoms. The van der Waals surface area contributed by atoms with Gasteiger partial charge in [0.05, 0.1) is 35.2 Å². The van der Waals surface area contributed by atoms with Gasteiger partial charge in [-0.3, -0.25) is 4.79 Å². The molecule has 2 saturated heterocycles. The Hall–Kier alpha value is -2.21. The van der Waals surface area contributed by atoms with Crippen LogP contribution in [0.3, 0.4) is 0 Å². The Morgan fingerprint density at radius 3 is 2.42 bits per heavy atom. The summed E-state index contributed by atoms with van der Waals surface area (Å²) in [5, 5.41) is 2.82. The standard InChI is InChI=1S/C22H25F2N3O4S2/c23-18-5-3-16(13-19(18)24)32-15-22(28)25-20-14-17(4-6-21(20)26-7-1-2-8-26)33(29,30)27-9-11-31-12-10-27/h3-6,13-14H,1-2,7-12,15H2,(H,25,28). The maximum Gasteiger partial charge on any atom is 0.243 e. The number of anilines is 2. The summed E-state index contributed by atoms with van der Waals surface area (Å²) in [5.74, 6) is -2.33. The van der Waals surface area contributed by atoms with Gasteiger partial charge in [0, 0.05) is 31.1 Å². The molecule has 178 valence electrons. The van der Waals surface area contributed by atoms with Crippen LogP contribution >= 0.6 is 11.8 Å². The number of halogens is 2. The van der Waals surface area contributed by atoms with Crippen molar-refractivity contribution in [3.05, 3.63) is 48.0 Å². The van der Waals surface area contributed by atoms with E-state index in [1.807, 2.05) is 0 Å². The maximum atomic E-state index is 13.4. The van der Waals surface area contributed by atoms with Gasteiger partial charge < -0.3 is 15.0 Å². The molecule has 0 spiro atoms. The first-order valence-corrected chi connectivity index (χ1v) is 13.1. The minimum absolute atomic E-state index is 0.0368. The second-order valence-electron chi connectivity index (χ2n) is 7.80. The van der Waals surface area contributed by atoms with Crippen molar-refractivity contribution in [2.24, 2.45) is 0 Å². The van der Waals surface area contributed by atoms with Gasteiger partial charge in [0.2, 0.25) is 15.9 Å². The number of hydrogen-bond donors (Lipinski definition) is 1. The number of thioether (sulfide) groups is 1. The highest BCUT2D eigenvalue weighted by Crippen LogP contribution is 2.33. The minimum Gasteiger partial charge on any atom is -0.379 e. The van der Waals surface area contributed by atoms with Crippen LogP contribution in [0.15, 0.2) is 46.2 Å². The molecule has 33 heavy (non-hydrogen) atoms. The number of amides is 1. The lowest BCUT2D eigenvalue weighted by Gasteiger charge is -2.27. The van der Waals surface area contributed by atoms with E-state index in [4.69, 9.17) is 4.74 Å². The molecule has 2 heterocycles. The van der Waals surface area contributed by atoms with E-state index in [1.165, 1.54) is 16.4 Å². The van der Waals surface area contributed by atoms with Crippen molar-refractivity contribution in [3.8, 4) is 0 Å². The molecule has 2 aromatic rings. The summed E-state index contributed by atoms with van der Waals surface area (Å²) in [4.78, 5) is 15.3. The van der Waals surface area contributed by atoms with E-state index in [0.717, 1.165) is 55.5 Å². The van der Waals surface area contributed by atoms with E-state index in [1.54, 1.807) is 12.1 Å². The summed E-state index contributed by atoms with van der Waals surface area (Å²) in [6.45, 7) is 2.89. The fourth-order valence-electron chi connectivity index (χ4n) is 3.85. The fourth-order valence-corrected chi connectivity index (χ4v) is 6.00. The number of rotatable bonds is 7. The van der Waals surface area contributed by atoms with Gasteiger partial charge in [-0.05, 0) is 49.2 Å². The first-order chi connectivity index (χ1) is 15.8. The van der Waals surface area contributed by atoms with Crippen LogP contribution in [0.2, 0.25) is 0 Å². The first kappa shape index (κ1) is 23.9. The van der Waals surface area contributed by atoms with E-state index < -0.39 is 21.7 Å². The van der Waals surface area contributed by atoms with Crippen molar-refractivity contribution >= 4 is 39.1 Å². The number of ether oxygens (including phenoxy) is 1. The number of carbonyl (C=O) groups excluding carboxylic acids is 1. The van der Waals surface area contributed by atoms with Gasteiger partial charge in [0.1, 0.15) is 0 Å². The number of morpholine rings is 1. The lowest BCUT2D eigenvalue weighted by atomic mass is 10.2. The zero-order valence-corrected chi connectivity index (χ0v) is 19.6. The molecule has 0 saturated carbocycles. The lowest BCUT2D eigenvalue weighted by Crippen LogP contribution is -2.40.